The molecule has 0 aliphatic carbocycles. The Labute approximate surface area is 159 Å². The van der Waals surface area contributed by atoms with E-state index >= 15 is 0 Å². The predicted molar refractivity (Wildman–Crippen MR) is 102 cm³/mol. The Morgan fingerprint density at radius 2 is 1.63 bits per heavy atom. The standard InChI is InChI=1S/C20H23NO5S/c1-3-20(19(23)24,16-10-5-4-6-11-16)14-21-18(22)13-15-9-7-8-12-17(15)27(2,25)26/h4-12H,3,13-14H2,1-2H3,(H,21,22)(H,23,24). The zero-order valence-electron chi connectivity index (χ0n) is 15.3. The molecule has 0 saturated carbocycles. The fraction of sp³-hybridized carbons (Fsp3) is 0.300. The highest BCUT2D eigenvalue weighted by atomic mass is 32.2. The highest BCUT2D eigenvalue weighted by Gasteiger charge is 2.39. The van der Waals surface area contributed by atoms with E-state index in [1.807, 2.05) is 0 Å². The normalized spacial score (nSPS) is 13.6. The fourth-order valence-corrected chi connectivity index (χ4v) is 3.98. The van der Waals surface area contributed by atoms with E-state index < -0.39 is 27.1 Å². The van der Waals surface area contributed by atoms with Crippen LogP contribution < -0.4 is 5.32 Å². The lowest BCUT2D eigenvalue weighted by Crippen LogP contribution is -2.46. The molecule has 2 aromatic carbocycles. The molecule has 0 bridgehead atoms. The minimum Gasteiger partial charge on any atom is -0.481 e. The third-order valence-corrected chi connectivity index (χ3v) is 5.85. The van der Waals surface area contributed by atoms with Gasteiger partial charge in [0.1, 0.15) is 5.41 Å². The summed E-state index contributed by atoms with van der Waals surface area (Å²) in [6.07, 6.45) is 1.25. The van der Waals surface area contributed by atoms with Gasteiger partial charge in [-0.05, 0) is 23.6 Å². The zero-order chi connectivity index (χ0) is 20.1. The average molecular weight is 389 g/mol. The Balaban J connectivity index is 2.20. The van der Waals surface area contributed by atoms with Crippen LogP contribution in [0.4, 0.5) is 0 Å². The van der Waals surface area contributed by atoms with Gasteiger partial charge in [0.05, 0.1) is 11.3 Å². The van der Waals surface area contributed by atoms with Crippen LogP contribution in [0, 0.1) is 0 Å². The molecule has 0 saturated heterocycles. The van der Waals surface area contributed by atoms with Crippen molar-refractivity contribution in [3.05, 3.63) is 65.7 Å². The van der Waals surface area contributed by atoms with Crippen LogP contribution in [0.15, 0.2) is 59.5 Å². The van der Waals surface area contributed by atoms with Gasteiger partial charge in [0.15, 0.2) is 9.84 Å². The van der Waals surface area contributed by atoms with Crippen molar-refractivity contribution in [3.63, 3.8) is 0 Å². The molecule has 27 heavy (non-hydrogen) atoms. The number of carbonyl (C=O) groups is 2. The van der Waals surface area contributed by atoms with Crippen LogP contribution in [0.25, 0.3) is 0 Å². The summed E-state index contributed by atoms with van der Waals surface area (Å²) in [6.45, 7) is 1.68. The number of amides is 1. The number of hydrogen-bond donors (Lipinski definition) is 2. The molecular formula is C20H23NO5S. The van der Waals surface area contributed by atoms with Crippen molar-refractivity contribution < 1.29 is 23.1 Å². The Bertz CT molecular complexity index is 924. The van der Waals surface area contributed by atoms with Crippen LogP contribution >= 0.6 is 0 Å². The summed E-state index contributed by atoms with van der Waals surface area (Å²) in [6, 6.07) is 15.1. The van der Waals surface area contributed by atoms with Gasteiger partial charge in [-0.15, -0.1) is 0 Å². The van der Waals surface area contributed by atoms with E-state index in [0.717, 1.165) is 6.26 Å². The topological polar surface area (TPSA) is 101 Å². The van der Waals surface area contributed by atoms with Crippen molar-refractivity contribution >= 4 is 21.7 Å². The molecular weight excluding hydrogens is 366 g/mol. The molecule has 1 amide bonds. The second-order valence-corrected chi connectivity index (χ2v) is 8.42. The van der Waals surface area contributed by atoms with Gasteiger partial charge >= 0.3 is 5.97 Å². The number of carboxylic acid groups (broad SMARTS) is 1. The summed E-state index contributed by atoms with van der Waals surface area (Å²) < 4.78 is 23.7. The number of aliphatic carboxylic acids is 1. The Kier molecular flexibility index (Phi) is 6.38. The van der Waals surface area contributed by atoms with Gasteiger partial charge in [0.2, 0.25) is 5.91 Å². The molecule has 0 spiro atoms. The molecule has 0 aliphatic heterocycles. The summed E-state index contributed by atoms with van der Waals surface area (Å²) in [5.74, 6) is -1.45. The first kappa shape index (κ1) is 20.6. The highest BCUT2D eigenvalue weighted by Crippen LogP contribution is 2.28. The minimum atomic E-state index is -3.46. The van der Waals surface area contributed by atoms with Crippen molar-refractivity contribution in [1.82, 2.24) is 5.32 Å². The first-order chi connectivity index (χ1) is 12.7. The molecule has 0 aromatic heterocycles. The quantitative estimate of drug-likeness (QED) is 0.721. The lowest BCUT2D eigenvalue weighted by molar-refractivity contribution is -0.144. The van der Waals surface area contributed by atoms with Crippen molar-refractivity contribution in [2.75, 3.05) is 12.8 Å². The lowest BCUT2D eigenvalue weighted by atomic mass is 9.78. The minimum absolute atomic E-state index is 0.0806. The molecule has 7 heteroatoms. The summed E-state index contributed by atoms with van der Waals surface area (Å²) in [5, 5.41) is 12.5. The second kappa shape index (κ2) is 8.35. The summed E-state index contributed by atoms with van der Waals surface area (Å²) in [5.41, 5.74) is -0.251. The molecule has 144 valence electrons. The summed E-state index contributed by atoms with van der Waals surface area (Å²) in [7, 11) is -3.46. The number of sulfone groups is 1. The molecule has 0 fully saturated rings. The summed E-state index contributed by atoms with van der Waals surface area (Å²) in [4.78, 5) is 24.5. The van der Waals surface area contributed by atoms with Crippen LogP contribution in [0.5, 0.6) is 0 Å². The van der Waals surface area contributed by atoms with Crippen LogP contribution in [0.2, 0.25) is 0 Å². The molecule has 2 rings (SSSR count). The first-order valence-electron chi connectivity index (χ1n) is 8.54. The molecule has 2 aromatic rings. The van der Waals surface area contributed by atoms with Gasteiger partial charge < -0.3 is 10.4 Å². The van der Waals surface area contributed by atoms with Crippen molar-refractivity contribution in [3.8, 4) is 0 Å². The fourth-order valence-electron chi connectivity index (χ4n) is 3.04. The summed E-state index contributed by atoms with van der Waals surface area (Å²) >= 11 is 0. The third-order valence-electron chi connectivity index (χ3n) is 4.65. The monoisotopic (exact) mass is 389 g/mol. The Morgan fingerprint density at radius 1 is 1.04 bits per heavy atom. The van der Waals surface area contributed by atoms with Gasteiger partial charge in [-0.25, -0.2) is 8.42 Å². The number of rotatable bonds is 8. The van der Waals surface area contributed by atoms with Crippen LogP contribution in [-0.2, 0) is 31.3 Å². The van der Waals surface area contributed by atoms with E-state index in [9.17, 15) is 23.1 Å². The maximum Gasteiger partial charge on any atom is 0.315 e. The highest BCUT2D eigenvalue weighted by molar-refractivity contribution is 7.90. The SMILES string of the molecule is CCC(CNC(=O)Cc1ccccc1S(C)(=O)=O)(C(=O)O)c1ccccc1. The average Bonchev–Trinajstić information content (AvgIpc) is 2.63. The molecule has 6 nitrogen and oxygen atoms in total. The van der Waals surface area contributed by atoms with E-state index in [1.165, 1.54) is 6.07 Å². The van der Waals surface area contributed by atoms with Crippen molar-refractivity contribution in [2.45, 2.75) is 30.1 Å². The van der Waals surface area contributed by atoms with Crippen LogP contribution in [-0.4, -0.2) is 38.2 Å². The molecule has 0 radical (unpaired) electrons. The molecule has 0 aliphatic rings. The van der Waals surface area contributed by atoms with E-state index in [4.69, 9.17) is 0 Å². The van der Waals surface area contributed by atoms with E-state index in [2.05, 4.69) is 5.32 Å². The van der Waals surface area contributed by atoms with Crippen LogP contribution in [0.3, 0.4) is 0 Å². The number of nitrogens with one attached hydrogen (secondary N) is 1. The van der Waals surface area contributed by atoms with Crippen molar-refractivity contribution in [1.29, 1.82) is 0 Å². The first-order valence-corrected chi connectivity index (χ1v) is 10.4. The third kappa shape index (κ3) is 4.74. The number of benzene rings is 2. The van der Waals surface area contributed by atoms with Gasteiger partial charge in [-0.3, -0.25) is 9.59 Å². The maximum atomic E-state index is 12.4. The number of carbonyl (C=O) groups excluding carboxylic acids is 1. The lowest BCUT2D eigenvalue weighted by Gasteiger charge is -2.29. The van der Waals surface area contributed by atoms with Crippen molar-refractivity contribution in [2.24, 2.45) is 0 Å². The number of hydrogen-bond acceptors (Lipinski definition) is 4. The van der Waals surface area contributed by atoms with Gasteiger partial charge in [0.25, 0.3) is 0 Å². The van der Waals surface area contributed by atoms with Crippen LogP contribution in [0.1, 0.15) is 24.5 Å². The molecule has 1 unspecified atom stereocenters. The molecule has 2 N–H and O–H groups in total. The van der Waals surface area contributed by atoms with E-state index in [0.29, 0.717) is 17.5 Å². The molecule has 1 atom stereocenters. The van der Waals surface area contributed by atoms with E-state index in [-0.39, 0.29) is 17.9 Å². The van der Waals surface area contributed by atoms with Gasteiger partial charge in [-0.1, -0.05) is 55.5 Å². The smallest absolute Gasteiger partial charge is 0.315 e. The predicted octanol–water partition coefficient (Wildman–Crippen LogP) is 2.18. The van der Waals surface area contributed by atoms with Gasteiger partial charge in [0, 0.05) is 12.8 Å². The van der Waals surface area contributed by atoms with Gasteiger partial charge in [-0.2, -0.15) is 0 Å². The maximum absolute atomic E-state index is 12.4. The Morgan fingerprint density at radius 3 is 2.19 bits per heavy atom. The number of carboxylic acids is 1. The second-order valence-electron chi connectivity index (χ2n) is 6.44. The largest absolute Gasteiger partial charge is 0.481 e. The van der Waals surface area contributed by atoms with E-state index in [1.54, 1.807) is 55.5 Å². The zero-order valence-corrected chi connectivity index (χ0v) is 16.1. The molecule has 0 heterocycles. The Hall–Kier alpha value is -2.67.